The highest BCUT2D eigenvalue weighted by Gasteiger charge is 2.24. The third-order valence-corrected chi connectivity index (χ3v) is 3.64. The molecule has 1 atom stereocenters. The molecular weight excluding hydrogens is 264 g/mol. The van der Waals surface area contributed by atoms with Crippen LogP contribution in [0.4, 0.5) is 5.69 Å². The maximum absolute atomic E-state index is 12.0. The summed E-state index contributed by atoms with van der Waals surface area (Å²) in [4.78, 5) is 23.2. The van der Waals surface area contributed by atoms with Crippen molar-refractivity contribution in [1.82, 2.24) is 5.32 Å². The van der Waals surface area contributed by atoms with E-state index < -0.39 is 6.04 Å². The summed E-state index contributed by atoms with van der Waals surface area (Å²) in [6.07, 6.45) is 0. The molecule has 19 heavy (non-hydrogen) atoms. The predicted molar refractivity (Wildman–Crippen MR) is 75.5 cm³/mol. The molecule has 0 saturated carbocycles. The second-order valence-electron chi connectivity index (χ2n) is 4.08. The number of amides is 2. The molecule has 0 radical (unpaired) electrons. The van der Waals surface area contributed by atoms with E-state index in [2.05, 4.69) is 10.6 Å². The largest absolute Gasteiger partial charge is 0.494 e. The van der Waals surface area contributed by atoms with Crippen LogP contribution in [0, 0.1) is 0 Å². The first-order valence-corrected chi connectivity index (χ1v) is 7.25. The van der Waals surface area contributed by atoms with E-state index in [1.54, 1.807) is 24.3 Å². The van der Waals surface area contributed by atoms with Gasteiger partial charge >= 0.3 is 0 Å². The van der Waals surface area contributed by atoms with Gasteiger partial charge in [0.05, 0.1) is 12.4 Å². The number of rotatable bonds is 4. The number of hydrogen-bond donors (Lipinski definition) is 2. The van der Waals surface area contributed by atoms with Gasteiger partial charge in [-0.15, -0.1) is 11.8 Å². The van der Waals surface area contributed by atoms with Crippen molar-refractivity contribution >= 4 is 29.3 Å². The first kappa shape index (κ1) is 13.7. The Bertz CT molecular complexity index is 461. The molecule has 1 aromatic rings. The third-order valence-electron chi connectivity index (χ3n) is 2.60. The summed E-state index contributed by atoms with van der Waals surface area (Å²) in [6, 6.07) is 6.69. The van der Waals surface area contributed by atoms with Gasteiger partial charge in [0.15, 0.2) is 0 Å². The Morgan fingerprint density at radius 1 is 1.47 bits per heavy atom. The lowest BCUT2D eigenvalue weighted by Gasteiger charge is -2.22. The average Bonchev–Trinajstić information content (AvgIpc) is 2.41. The third kappa shape index (κ3) is 3.89. The van der Waals surface area contributed by atoms with Gasteiger partial charge in [-0.1, -0.05) is 0 Å². The van der Waals surface area contributed by atoms with Crippen LogP contribution in [0.1, 0.15) is 6.92 Å². The first-order valence-electron chi connectivity index (χ1n) is 6.10. The highest BCUT2D eigenvalue weighted by molar-refractivity contribution is 8.00. The van der Waals surface area contributed by atoms with Crippen LogP contribution in [-0.2, 0) is 9.59 Å². The number of nitrogens with one attached hydrogen (secondary N) is 2. The Morgan fingerprint density at radius 2 is 2.21 bits per heavy atom. The molecule has 1 saturated heterocycles. The summed E-state index contributed by atoms with van der Waals surface area (Å²) in [7, 11) is 0. The van der Waals surface area contributed by atoms with Crippen LogP contribution in [0.3, 0.4) is 0 Å². The molecule has 6 heteroatoms. The summed E-state index contributed by atoms with van der Waals surface area (Å²) in [5.74, 6) is 1.51. The quantitative estimate of drug-likeness (QED) is 0.871. The molecule has 1 aromatic carbocycles. The number of thioether (sulfide) groups is 1. The van der Waals surface area contributed by atoms with Gasteiger partial charge in [0.2, 0.25) is 11.8 Å². The van der Waals surface area contributed by atoms with Gasteiger partial charge in [-0.2, -0.15) is 0 Å². The molecular formula is C13H16N2O3S. The van der Waals surface area contributed by atoms with Crippen LogP contribution in [0.2, 0.25) is 0 Å². The lowest BCUT2D eigenvalue weighted by Crippen LogP contribution is -2.49. The van der Waals surface area contributed by atoms with Crippen molar-refractivity contribution in [3.05, 3.63) is 24.3 Å². The minimum Gasteiger partial charge on any atom is -0.494 e. The van der Waals surface area contributed by atoms with Crippen LogP contribution in [0.15, 0.2) is 24.3 Å². The number of ether oxygens (including phenoxy) is 1. The molecule has 0 bridgehead atoms. The van der Waals surface area contributed by atoms with Gasteiger partial charge in [-0.05, 0) is 31.2 Å². The molecule has 5 nitrogen and oxygen atoms in total. The Morgan fingerprint density at radius 3 is 2.84 bits per heavy atom. The lowest BCUT2D eigenvalue weighted by atomic mass is 10.2. The van der Waals surface area contributed by atoms with Crippen molar-refractivity contribution in [1.29, 1.82) is 0 Å². The van der Waals surface area contributed by atoms with Gasteiger partial charge < -0.3 is 15.4 Å². The van der Waals surface area contributed by atoms with E-state index in [9.17, 15) is 9.59 Å². The molecule has 1 aliphatic heterocycles. The van der Waals surface area contributed by atoms with Crippen LogP contribution in [0.25, 0.3) is 0 Å². The van der Waals surface area contributed by atoms with Crippen molar-refractivity contribution in [2.24, 2.45) is 0 Å². The summed E-state index contributed by atoms with van der Waals surface area (Å²) >= 11 is 1.47. The van der Waals surface area contributed by atoms with Gasteiger partial charge in [-0.25, -0.2) is 0 Å². The predicted octanol–water partition coefficient (Wildman–Crippen LogP) is 1.26. The molecule has 2 rings (SSSR count). The smallest absolute Gasteiger partial charge is 0.247 e. The first-order chi connectivity index (χ1) is 9.19. The maximum Gasteiger partial charge on any atom is 0.247 e. The summed E-state index contributed by atoms with van der Waals surface area (Å²) in [5.41, 5.74) is 0.693. The highest BCUT2D eigenvalue weighted by atomic mass is 32.2. The SMILES string of the molecule is CCOc1ccc(NC(=O)C2CSCC(=O)N2)cc1. The number of benzene rings is 1. The summed E-state index contributed by atoms with van der Waals surface area (Å²) in [5, 5.41) is 5.45. The number of carbonyl (C=O) groups excluding carboxylic acids is 2. The van der Waals surface area contributed by atoms with E-state index in [1.165, 1.54) is 11.8 Å². The highest BCUT2D eigenvalue weighted by Crippen LogP contribution is 2.16. The Kier molecular flexibility index (Phi) is 4.68. The number of hydrogen-bond acceptors (Lipinski definition) is 4. The minimum absolute atomic E-state index is 0.0944. The minimum atomic E-state index is -0.460. The second kappa shape index (κ2) is 6.47. The molecule has 0 aliphatic carbocycles. The van der Waals surface area contributed by atoms with Gasteiger partial charge in [-0.3, -0.25) is 9.59 Å². The molecule has 1 unspecified atom stereocenters. The Balaban J connectivity index is 1.92. The normalized spacial score (nSPS) is 18.6. The van der Waals surface area contributed by atoms with E-state index in [0.717, 1.165) is 5.75 Å². The molecule has 0 spiro atoms. The monoisotopic (exact) mass is 280 g/mol. The van der Waals surface area contributed by atoms with E-state index in [1.807, 2.05) is 6.92 Å². The zero-order chi connectivity index (χ0) is 13.7. The molecule has 2 amide bonds. The molecule has 1 aliphatic rings. The van der Waals surface area contributed by atoms with Gasteiger partial charge in [0, 0.05) is 11.4 Å². The number of carbonyl (C=O) groups is 2. The molecule has 0 aromatic heterocycles. The Labute approximate surface area is 116 Å². The fourth-order valence-electron chi connectivity index (χ4n) is 1.72. The topological polar surface area (TPSA) is 67.4 Å². The zero-order valence-corrected chi connectivity index (χ0v) is 11.5. The second-order valence-corrected chi connectivity index (χ2v) is 5.11. The van der Waals surface area contributed by atoms with Crippen molar-refractivity contribution < 1.29 is 14.3 Å². The van der Waals surface area contributed by atoms with Crippen LogP contribution in [0.5, 0.6) is 5.75 Å². The Hall–Kier alpha value is -1.69. The van der Waals surface area contributed by atoms with Gasteiger partial charge in [0.1, 0.15) is 11.8 Å². The molecule has 1 heterocycles. The van der Waals surface area contributed by atoms with Crippen LogP contribution < -0.4 is 15.4 Å². The lowest BCUT2D eigenvalue weighted by molar-refractivity contribution is -0.124. The standard InChI is InChI=1S/C13H16N2O3S/c1-2-18-10-5-3-9(4-6-10)14-13(17)11-7-19-8-12(16)15-11/h3-6,11H,2,7-8H2,1H3,(H,14,17)(H,15,16). The fraction of sp³-hybridized carbons (Fsp3) is 0.385. The maximum atomic E-state index is 12.0. The van der Waals surface area contributed by atoms with E-state index in [0.29, 0.717) is 23.8 Å². The van der Waals surface area contributed by atoms with Crippen molar-refractivity contribution in [3.63, 3.8) is 0 Å². The summed E-state index contributed by atoms with van der Waals surface area (Å²) < 4.78 is 5.32. The van der Waals surface area contributed by atoms with E-state index >= 15 is 0 Å². The molecule has 2 N–H and O–H groups in total. The zero-order valence-electron chi connectivity index (χ0n) is 10.6. The van der Waals surface area contributed by atoms with Crippen LogP contribution in [-0.4, -0.2) is 36.0 Å². The van der Waals surface area contributed by atoms with E-state index in [-0.39, 0.29) is 11.8 Å². The molecule has 102 valence electrons. The van der Waals surface area contributed by atoms with Crippen LogP contribution >= 0.6 is 11.8 Å². The average molecular weight is 280 g/mol. The molecule has 1 fully saturated rings. The summed E-state index contributed by atoms with van der Waals surface area (Å²) in [6.45, 7) is 2.52. The number of anilines is 1. The van der Waals surface area contributed by atoms with Crippen molar-refractivity contribution in [3.8, 4) is 5.75 Å². The van der Waals surface area contributed by atoms with Crippen molar-refractivity contribution in [2.45, 2.75) is 13.0 Å². The van der Waals surface area contributed by atoms with Crippen molar-refractivity contribution in [2.75, 3.05) is 23.4 Å². The van der Waals surface area contributed by atoms with Gasteiger partial charge in [0.25, 0.3) is 0 Å². The van der Waals surface area contributed by atoms with E-state index in [4.69, 9.17) is 4.74 Å². The fourth-order valence-corrected chi connectivity index (χ4v) is 2.58.